The van der Waals surface area contributed by atoms with Crippen LogP contribution in [0.5, 0.6) is 0 Å². The number of ketones is 1. The van der Waals surface area contributed by atoms with E-state index < -0.39 is 5.60 Å². The zero-order valence-corrected chi connectivity index (χ0v) is 37.2. The lowest BCUT2D eigenvalue weighted by molar-refractivity contribution is -0.140. The number of nitrogens with zero attached hydrogens (tertiary/aromatic N) is 6. The molecule has 2 fully saturated rings. The molecule has 0 radical (unpaired) electrons. The molecule has 0 aliphatic carbocycles. The molecule has 0 saturated carbocycles. The Morgan fingerprint density at radius 3 is 2.28 bits per heavy atom. The van der Waals surface area contributed by atoms with Crippen LogP contribution in [0.15, 0.2) is 114 Å². The quantitative estimate of drug-likeness (QED) is 0.0748. The van der Waals surface area contributed by atoms with Gasteiger partial charge in [-0.2, -0.15) is 0 Å². The Labute approximate surface area is 378 Å². The zero-order chi connectivity index (χ0) is 44.6. The smallest absolute Gasteiger partial charge is 0.261 e. The molecule has 64 heavy (non-hydrogen) atoms. The van der Waals surface area contributed by atoms with Crippen molar-refractivity contribution in [3.05, 3.63) is 136 Å². The number of carbonyl (C=O) groups is 3. The second kappa shape index (κ2) is 20.4. The highest BCUT2D eigenvalue weighted by atomic mass is 35.5. The van der Waals surface area contributed by atoms with E-state index in [2.05, 4.69) is 27.1 Å². The number of halogens is 1. The Morgan fingerprint density at radius 2 is 1.53 bits per heavy atom. The van der Waals surface area contributed by atoms with Crippen molar-refractivity contribution in [2.45, 2.75) is 63.5 Å². The summed E-state index contributed by atoms with van der Waals surface area (Å²) in [5.74, 6) is -0.313. The van der Waals surface area contributed by atoms with Gasteiger partial charge in [0.15, 0.2) is 5.78 Å². The lowest BCUT2D eigenvalue weighted by atomic mass is 9.88. The first kappa shape index (κ1) is 44.8. The predicted molar refractivity (Wildman–Crippen MR) is 253 cm³/mol. The number of amides is 2. The van der Waals surface area contributed by atoms with Gasteiger partial charge in [-0.05, 0) is 75.0 Å². The van der Waals surface area contributed by atoms with Gasteiger partial charge in [0.2, 0.25) is 11.8 Å². The molecule has 4 aromatic carbocycles. The number of aliphatic hydroxyl groups is 1. The van der Waals surface area contributed by atoms with Crippen molar-refractivity contribution in [2.75, 3.05) is 58.2 Å². The van der Waals surface area contributed by atoms with Crippen molar-refractivity contribution >= 4 is 56.7 Å². The van der Waals surface area contributed by atoms with E-state index in [1.54, 1.807) is 18.2 Å². The molecule has 2 aliphatic rings. The van der Waals surface area contributed by atoms with E-state index in [1.165, 1.54) is 10.9 Å². The average molecular weight is 883 g/mol. The minimum absolute atomic E-state index is 0.0211. The fourth-order valence-electron chi connectivity index (χ4n) is 8.93. The van der Waals surface area contributed by atoms with E-state index in [9.17, 15) is 24.3 Å². The van der Waals surface area contributed by atoms with Crippen molar-refractivity contribution in [1.29, 1.82) is 0 Å². The first-order valence-electron chi connectivity index (χ1n) is 22.4. The van der Waals surface area contributed by atoms with Crippen LogP contribution in [0.25, 0.3) is 33.1 Å². The van der Waals surface area contributed by atoms with E-state index in [4.69, 9.17) is 16.6 Å². The van der Waals surface area contributed by atoms with Crippen LogP contribution >= 0.6 is 11.6 Å². The highest BCUT2D eigenvalue weighted by Gasteiger charge is 2.36. The van der Waals surface area contributed by atoms with Crippen LogP contribution in [0.2, 0.25) is 5.02 Å². The summed E-state index contributed by atoms with van der Waals surface area (Å²) in [4.78, 5) is 69.7. The van der Waals surface area contributed by atoms with Gasteiger partial charge in [0.25, 0.3) is 5.56 Å². The van der Waals surface area contributed by atoms with Gasteiger partial charge in [-0.25, -0.2) is 9.97 Å². The van der Waals surface area contributed by atoms with Gasteiger partial charge in [0, 0.05) is 86.8 Å². The minimum Gasteiger partial charge on any atom is -0.388 e. The summed E-state index contributed by atoms with van der Waals surface area (Å²) >= 11 is 6.63. The van der Waals surface area contributed by atoms with Gasteiger partial charge >= 0.3 is 0 Å². The number of pyridine rings is 1. The second-order valence-electron chi connectivity index (χ2n) is 17.5. The van der Waals surface area contributed by atoms with Crippen LogP contribution in [-0.2, 0) is 22.6 Å². The number of anilines is 1. The summed E-state index contributed by atoms with van der Waals surface area (Å²) in [5.41, 5.74) is 3.60. The molecule has 6 aromatic rings. The summed E-state index contributed by atoms with van der Waals surface area (Å²) in [6.07, 6.45) is 5.34. The summed E-state index contributed by atoms with van der Waals surface area (Å²) in [6, 6.07) is 32.2. The molecule has 2 aliphatic heterocycles. The van der Waals surface area contributed by atoms with E-state index in [0.29, 0.717) is 104 Å². The Morgan fingerprint density at radius 1 is 0.812 bits per heavy atom. The first-order chi connectivity index (χ1) is 31.0. The molecular weight excluding hydrogens is 826 g/mol. The van der Waals surface area contributed by atoms with Crippen LogP contribution in [0.1, 0.15) is 60.9 Å². The van der Waals surface area contributed by atoms with Gasteiger partial charge in [0.1, 0.15) is 0 Å². The number of rotatable bonds is 16. The van der Waals surface area contributed by atoms with Crippen LogP contribution in [0, 0.1) is 5.92 Å². The van der Waals surface area contributed by atoms with Crippen molar-refractivity contribution in [3.8, 4) is 11.3 Å². The maximum atomic E-state index is 14.2. The number of hydrogen-bond donors (Lipinski definition) is 2. The second-order valence-corrected chi connectivity index (χ2v) is 18.0. The number of unbranched alkanes of at least 4 members (excludes halogenated alkanes) is 1. The lowest BCUT2D eigenvalue weighted by Gasteiger charge is -2.39. The average Bonchev–Trinajstić information content (AvgIpc) is 3.31. The number of nitrogens with one attached hydrogen (secondary N) is 1. The van der Waals surface area contributed by atoms with Crippen LogP contribution in [-0.4, -0.2) is 110 Å². The first-order valence-corrected chi connectivity index (χ1v) is 22.8. The third kappa shape index (κ3) is 11.1. The highest BCUT2D eigenvalue weighted by Crippen LogP contribution is 2.30. The van der Waals surface area contributed by atoms with Gasteiger partial charge in [0.05, 0.1) is 45.6 Å². The molecule has 2 saturated heterocycles. The molecule has 8 rings (SSSR count). The van der Waals surface area contributed by atoms with Crippen LogP contribution < -0.4 is 10.9 Å². The Bertz CT molecular complexity index is 2660. The largest absolute Gasteiger partial charge is 0.388 e. The van der Waals surface area contributed by atoms with Crippen molar-refractivity contribution in [1.82, 2.24) is 29.2 Å². The highest BCUT2D eigenvalue weighted by molar-refractivity contribution is 6.35. The number of piperazine rings is 1. The Balaban J connectivity index is 0.849. The number of fused-ring (bicyclic) bond motifs is 2. The van der Waals surface area contributed by atoms with Crippen LogP contribution in [0.4, 0.5) is 5.69 Å². The number of hydrogen-bond acceptors (Lipinski definition) is 9. The number of likely N-dealkylation sites (tertiary alicyclic amines) is 1. The third-order valence-corrected chi connectivity index (χ3v) is 13.2. The van der Waals surface area contributed by atoms with Gasteiger partial charge in [-0.3, -0.25) is 23.7 Å². The fraction of sp³-hybridized carbons (Fsp3) is 0.373. The van der Waals surface area contributed by atoms with Gasteiger partial charge in [-0.1, -0.05) is 90.8 Å². The van der Waals surface area contributed by atoms with Crippen LogP contribution in [0.3, 0.4) is 0 Å². The molecule has 12 nitrogen and oxygen atoms in total. The van der Waals surface area contributed by atoms with Crippen molar-refractivity contribution < 1.29 is 19.5 Å². The number of likely N-dealkylation sites (N-methyl/N-ethyl adjacent to an activating group) is 1. The van der Waals surface area contributed by atoms with Gasteiger partial charge < -0.3 is 25.1 Å². The predicted octanol–water partition coefficient (Wildman–Crippen LogP) is 7.50. The number of aromatic nitrogens is 3. The van der Waals surface area contributed by atoms with Crippen molar-refractivity contribution in [2.24, 2.45) is 5.92 Å². The molecule has 332 valence electrons. The number of piperidine rings is 1. The van der Waals surface area contributed by atoms with E-state index >= 15 is 0 Å². The van der Waals surface area contributed by atoms with E-state index in [-0.39, 0.29) is 35.6 Å². The van der Waals surface area contributed by atoms with E-state index in [0.717, 1.165) is 48.4 Å². The number of carbonyl (C=O) groups excluding carboxylic acids is 3. The summed E-state index contributed by atoms with van der Waals surface area (Å²) in [5, 5.41) is 16.4. The molecule has 0 bridgehead atoms. The zero-order valence-electron chi connectivity index (χ0n) is 36.4. The molecule has 4 heterocycles. The fourth-order valence-corrected chi connectivity index (χ4v) is 9.19. The summed E-state index contributed by atoms with van der Waals surface area (Å²) < 4.78 is 1.44. The third-order valence-electron chi connectivity index (χ3n) is 12.9. The summed E-state index contributed by atoms with van der Waals surface area (Å²) in [6.45, 7) is 5.36. The molecular formula is C51H56ClN7O5. The molecule has 1 unspecified atom stereocenters. The topological polar surface area (TPSA) is 141 Å². The molecule has 13 heteroatoms. The summed E-state index contributed by atoms with van der Waals surface area (Å²) in [7, 11) is 2.10. The van der Waals surface area contributed by atoms with Gasteiger partial charge in [-0.15, -0.1) is 0 Å². The van der Waals surface area contributed by atoms with Crippen molar-refractivity contribution in [3.63, 3.8) is 0 Å². The maximum absolute atomic E-state index is 14.2. The Hall–Kier alpha value is -5.79. The maximum Gasteiger partial charge on any atom is 0.261 e. The monoisotopic (exact) mass is 881 g/mol. The minimum atomic E-state index is -1.20. The molecule has 2 N–H and O–H groups in total. The lowest BCUT2D eigenvalue weighted by Crippen LogP contribution is -2.51. The van der Waals surface area contributed by atoms with E-state index in [1.807, 2.05) is 89.8 Å². The Kier molecular flexibility index (Phi) is 14.3. The number of Topliss-reactive ketones (excluding diaryl/α,β-unsaturated/α-hetero) is 1. The molecule has 2 aromatic heterocycles. The number of benzene rings is 4. The molecule has 1 atom stereocenters. The molecule has 2 amide bonds. The standard InChI is InChI=1S/C51H56ClN7O5/c1-56-26-28-57(29-27-56)23-20-48(61)54-40-17-19-42-45(32-40)53-35-59(50(42)63)34-51(64)21-24-58(25-22-51)49(62)39(30-36-10-4-2-5-11-36)14-8-9-15-47(60)38-16-18-41-43(52)33-44(55-46(41)31-38)37-12-6-3-7-13-37/h2-7,10-13,16-19,31-33,35,39,64H,8-9,14-15,20-30,34H2,1H3,(H,54,61). The SMILES string of the molecule is CN1CCN(CCC(=O)Nc2ccc3c(=O)n(CC4(O)CCN(C(=O)C(CCCCC(=O)c5ccc6c(Cl)cc(-c7ccccc7)nc6c5)Cc5ccccc5)CC4)cnc3c2)CC1. The molecule has 0 spiro atoms. The normalized spacial score (nSPS) is 16.2.